The first kappa shape index (κ1) is 21.7. The first-order valence-electron chi connectivity index (χ1n) is 7.69. The van der Waals surface area contributed by atoms with E-state index in [0.29, 0.717) is 20.4 Å². The highest BCUT2D eigenvalue weighted by Gasteiger charge is 2.21. The summed E-state index contributed by atoms with van der Waals surface area (Å²) in [6.07, 6.45) is 0. The van der Waals surface area contributed by atoms with Gasteiger partial charge in [0, 0.05) is 17.1 Å². The fourth-order valence-electron chi connectivity index (χ4n) is 2.12. The maximum Gasteiger partial charge on any atom is 0.242 e. The molecule has 0 aliphatic rings. The van der Waals surface area contributed by atoms with Crippen LogP contribution in [-0.2, 0) is 21.4 Å². The summed E-state index contributed by atoms with van der Waals surface area (Å²) >= 11 is 6.49. The number of benzene rings is 2. The molecule has 0 unspecified atom stereocenters. The van der Waals surface area contributed by atoms with Crippen molar-refractivity contribution in [3.8, 4) is 11.5 Å². The van der Waals surface area contributed by atoms with Gasteiger partial charge in [-0.2, -0.15) is 0 Å². The summed E-state index contributed by atoms with van der Waals surface area (Å²) in [6, 6.07) is 10.1. The Kier molecular flexibility index (Phi) is 7.66. The van der Waals surface area contributed by atoms with Crippen molar-refractivity contribution in [2.75, 3.05) is 20.8 Å². The van der Waals surface area contributed by atoms with E-state index >= 15 is 0 Å². The molecular formula is C17H18Br2N2O5S. The minimum Gasteiger partial charge on any atom is -0.497 e. The molecule has 2 aromatic carbocycles. The van der Waals surface area contributed by atoms with Gasteiger partial charge in [0.25, 0.3) is 0 Å². The Labute approximate surface area is 174 Å². The Morgan fingerprint density at radius 3 is 2.30 bits per heavy atom. The summed E-state index contributed by atoms with van der Waals surface area (Å²) < 4.78 is 38.4. The monoisotopic (exact) mass is 520 g/mol. The lowest BCUT2D eigenvalue weighted by atomic mass is 10.2. The van der Waals surface area contributed by atoms with Crippen molar-refractivity contribution in [2.45, 2.75) is 11.4 Å². The van der Waals surface area contributed by atoms with Gasteiger partial charge in [-0.05, 0) is 55.6 Å². The molecular weight excluding hydrogens is 504 g/mol. The smallest absolute Gasteiger partial charge is 0.242 e. The second-order valence-corrected chi connectivity index (χ2v) is 8.81. The van der Waals surface area contributed by atoms with Gasteiger partial charge < -0.3 is 14.8 Å². The molecule has 0 saturated heterocycles. The van der Waals surface area contributed by atoms with Crippen molar-refractivity contribution in [1.82, 2.24) is 10.0 Å². The molecule has 2 N–H and O–H groups in total. The number of carbonyl (C=O) groups excluding carboxylic acids is 1. The number of ether oxygens (including phenoxy) is 2. The van der Waals surface area contributed by atoms with Gasteiger partial charge in [-0.15, -0.1) is 0 Å². The molecule has 0 fully saturated rings. The summed E-state index contributed by atoms with van der Waals surface area (Å²) in [6.45, 7) is -0.107. The number of carbonyl (C=O) groups is 1. The molecule has 0 radical (unpaired) electrons. The maximum atomic E-state index is 12.5. The van der Waals surface area contributed by atoms with Gasteiger partial charge in [0.2, 0.25) is 15.9 Å². The van der Waals surface area contributed by atoms with E-state index in [2.05, 4.69) is 41.9 Å². The van der Waals surface area contributed by atoms with E-state index in [1.807, 2.05) is 12.1 Å². The SMILES string of the molecule is COc1ccc(CNC(=O)CNS(=O)(=O)c2cc(OC)c(Br)cc2Br)cc1. The normalized spacial score (nSPS) is 11.1. The number of sulfonamides is 1. The van der Waals surface area contributed by atoms with E-state index in [9.17, 15) is 13.2 Å². The third-order valence-corrected chi connectivity index (χ3v) is 6.55. The zero-order chi connectivity index (χ0) is 20.0. The fourth-order valence-corrected chi connectivity index (χ4v) is 4.97. The molecule has 0 saturated carbocycles. The van der Waals surface area contributed by atoms with Crippen LogP contribution in [0.3, 0.4) is 0 Å². The molecule has 0 aromatic heterocycles. The van der Waals surface area contributed by atoms with Crippen molar-refractivity contribution in [3.63, 3.8) is 0 Å². The van der Waals surface area contributed by atoms with Crippen LogP contribution in [0.2, 0.25) is 0 Å². The molecule has 7 nitrogen and oxygen atoms in total. The van der Waals surface area contributed by atoms with Gasteiger partial charge in [-0.3, -0.25) is 4.79 Å². The Morgan fingerprint density at radius 1 is 1.04 bits per heavy atom. The summed E-state index contributed by atoms with van der Waals surface area (Å²) in [7, 11) is -0.896. The van der Waals surface area contributed by atoms with Crippen LogP contribution < -0.4 is 19.5 Å². The molecule has 0 bridgehead atoms. The third-order valence-electron chi connectivity index (χ3n) is 3.57. The van der Waals surface area contributed by atoms with E-state index in [0.717, 1.165) is 5.56 Å². The molecule has 2 aromatic rings. The van der Waals surface area contributed by atoms with Gasteiger partial charge in [-0.25, -0.2) is 13.1 Å². The van der Waals surface area contributed by atoms with Crippen LogP contribution in [0.4, 0.5) is 0 Å². The van der Waals surface area contributed by atoms with Gasteiger partial charge in [-0.1, -0.05) is 12.1 Å². The molecule has 146 valence electrons. The molecule has 0 aliphatic heterocycles. The average Bonchev–Trinajstić information content (AvgIpc) is 2.65. The summed E-state index contributed by atoms with van der Waals surface area (Å²) in [4.78, 5) is 12.0. The Morgan fingerprint density at radius 2 is 1.70 bits per heavy atom. The van der Waals surface area contributed by atoms with Crippen LogP contribution in [0.15, 0.2) is 50.2 Å². The van der Waals surface area contributed by atoms with Crippen LogP contribution in [0.5, 0.6) is 11.5 Å². The Hall–Kier alpha value is -1.62. The van der Waals surface area contributed by atoms with Gasteiger partial charge in [0.05, 0.1) is 30.1 Å². The zero-order valence-corrected chi connectivity index (χ0v) is 18.6. The fraction of sp³-hybridized carbons (Fsp3) is 0.235. The lowest BCUT2D eigenvalue weighted by molar-refractivity contribution is -0.120. The second-order valence-electron chi connectivity index (χ2n) is 5.37. The highest BCUT2D eigenvalue weighted by atomic mass is 79.9. The topological polar surface area (TPSA) is 93.7 Å². The minimum absolute atomic E-state index is 0.0227. The molecule has 0 aliphatic carbocycles. The molecule has 1 amide bonds. The molecule has 27 heavy (non-hydrogen) atoms. The lowest BCUT2D eigenvalue weighted by Crippen LogP contribution is -2.36. The number of methoxy groups -OCH3 is 2. The summed E-state index contributed by atoms with van der Waals surface area (Å²) in [5.74, 6) is 0.630. The Bertz CT molecular complexity index is 918. The molecule has 0 spiro atoms. The Balaban J connectivity index is 1.97. The van der Waals surface area contributed by atoms with Crippen molar-refractivity contribution in [2.24, 2.45) is 0 Å². The molecule has 10 heteroatoms. The number of rotatable bonds is 8. The van der Waals surface area contributed by atoms with Crippen LogP contribution in [0, 0.1) is 0 Å². The largest absolute Gasteiger partial charge is 0.497 e. The zero-order valence-electron chi connectivity index (χ0n) is 14.6. The third kappa shape index (κ3) is 5.93. The highest BCUT2D eigenvalue weighted by molar-refractivity contribution is 9.11. The van der Waals surface area contributed by atoms with Crippen molar-refractivity contribution >= 4 is 47.8 Å². The first-order chi connectivity index (χ1) is 12.8. The van der Waals surface area contributed by atoms with Crippen molar-refractivity contribution < 1.29 is 22.7 Å². The van der Waals surface area contributed by atoms with Crippen molar-refractivity contribution in [3.05, 3.63) is 50.9 Å². The lowest BCUT2D eigenvalue weighted by Gasteiger charge is -2.12. The van der Waals surface area contributed by atoms with E-state index in [-0.39, 0.29) is 18.0 Å². The maximum absolute atomic E-state index is 12.5. The standard InChI is InChI=1S/C17H18Br2N2O5S/c1-25-12-5-3-11(4-6-12)9-20-17(22)10-21-27(23,24)16-8-15(26-2)13(18)7-14(16)19/h3-8,21H,9-10H2,1-2H3,(H,20,22). The number of hydrogen-bond donors (Lipinski definition) is 2. The minimum atomic E-state index is -3.90. The molecule has 0 atom stereocenters. The summed E-state index contributed by atoms with van der Waals surface area (Å²) in [5, 5.41) is 2.66. The predicted octanol–water partition coefficient (Wildman–Crippen LogP) is 2.82. The first-order valence-corrected chi connectivity index (χ1v) is 10.8. The number of nitrogens with one attached hydrogen (secondary N) is 2. The molecule has 2 rings (SSSR count). The van der Waals surface area contributed by atoms with Crippen LogP contribution in [0.1, 0.15) is 5.56 Å². The quantitative estimate of drug-likeness (QED) is 0.557. The predicted molar refractivity (Wildman–Crippen MR) is 108 cm³/mol. The van der Waals surface area contributed by atoms with Crippen LogP contribution in [0.25, 0.3) is 0 Å². The number of halogens is 2. The molecule has 0 heterocycles. The summed E-state index contributed by atoms with van der Waals surface area (Å²) in [5.41, 5.74) is 0.868. The second kappa shape index (κ2) is 9.54. The van der Waals surface area contributed by atoms with E-state index in [1.54, 1.807) is 25.3 Å². The highest BCUT2D eigenvalue weighted by Crippen LogP contribution is 2.33. The van der Waals surface area contributed by atoms with E-state index in [1.165, 1.54) is 13.2 Å². The van der Waals surface area contributed by atoms with Gasteiger partial charge in [0.1, 0.15) is 11.5 Å². The van der Waals surface area contributed by atoms with Crippen LogP contribution in [-0.4, -0.2) is 35.1 Å². The van der Waals surface area contributed by atoms with E-state index < -0.39 is 15.9 Å². The van der Waals surface area contributed by atoms with E-state index in [4.69, 9.17) is 9.47 Å². The average molecular weight is 522 g/mol. The van der Waals surface area contributed by atoms with Gasteiger partial charge in [0.15, 0.2) is 0 Å². The number of hydrogen-bond acceptors (Lipinski definition) is 5. The van der Waals surface area contributed by atoms with Gasteiger partial charge >= 0.3 is 0 Å². The van der Waals surface area contributed by atoms with Crippen LogP contribution >= 0.6 is 31.9 Å². The number of amides is 1. The van der Waals surface area contributed by atoms with Crippen molar-refractivity contribution in [1.29, 1.82) is 0 Å².